The minimum atomic E-state index is -5.01. The van der Waals surface area contributed by atoms with Crippen molar-refractivity contribution in [2.45, 2.75) is 256 Å². The van der Waals surface area contributed by atoms with E-state index in [4.69, 9.17) is 18.5 Å². The Hall–Kier alpha value is -0.660. The molecule has 6 atom stereocenters. The predicted molar refractivity (Wildman–Crippen MR) is 226 cm³/mol. The average molecular weight is 839 g/mol. The van der Waals surface area contributed by atoms with Crippen LogP contribution < -0.4 is 0 Å². The second kappa shape index (κ2) is 36.0. The van der Waals surface area contributed by atoms with Gasteiger partial charge in [-0.2, -0.15) is 0 Å². The summed E-state index contributed by atoms with van der Waals surface area (Å²) < 4.78 is 34.2. The van der Waals surface area contributed by atoms with Crippen molar-refractivity contribution in [2.75, 3.05) is 19.8 Å². The fourth-order valence-electron chi connectivity index (χ4n) is 7.47. The van der Waals surface area contributed by atoms with Crippen molar-refractivity contribution >= 4 is 13.8 Å². The third kappa shape index (κ3) is 28.5. The van der Waals surface area contributed by atoms with Crippen LogP contribution in [0.4, 0.5) is 0 Å². The van der Waals surface area contributed by atoms with Crippen molar-refractivity contribution in [3.05, 3.63) is 0 Å². The first-order valence-electron chi connectivity index (χ1n) is 23.4. The van der Waals surface area contributed by atoms with E-state index in [-0.39, 0.29) is 13.0 Å². The van der Waals surface area contributed by atoms with Crippen LogP contribution in [0.1, 0.15) is 213 Å². The van der Waals surface area contributed by atoms with Crippen molar-refractivity contribution in [1.82, 2.24) is 0 Å². The van der Waals surface area contributed by atoms with Gasteiger partial charge >= 0.3 is 13.8 Å². The molecule has 57 heavy (non-hydrogen) atoms. The van der Waals surface area contributed by atoms with Crippen LogP contribution >= 0.6 is 7.82 Å². The summed E-state index contributed by atoms with van der Waals surface area (Å²) >= 11 is 0. The first-order chi connectivity index (χ1) is 27.5. The molecule has 0 aliphatic heterocycles. The number of aliphatic hydroxyl groups is 5. The van der Waals surface area contributed by atoms with E-state index in [2.05, 4.69) is 13.8 Å². The second-order valence-corrected chi connectivity index (χ2v) is 18.0. The lowest BCUT2D eigenvalue weighted by atomic mass is 9.85. The number of carbonyl (C=O) groups is 1. The Kier molecular flexibility index (Phi) is 34.4. The quantitative estimate of drug-likeness (QED) is 0.0195. The fourth-order valence-corrected chi connectivity index (χ4v) is 8.45. The molecule has 1 fully saturated rings. The first kappa shape index (κ1) is 54.4. The van der Waals surface area contributed by atoms with Gasteiger partial charge in [0.1, 0.15) is 42.7 Å². The highest BCUT2D eigenvalue weighted by Crippen LogP contribution is 2.47. The summed E-state index contributed by atoms with van der Waals surface area (Å²) in [5.74, 6) is -0.472. The van der Waals surface area contributed by atoms with Gasteiger partial charge in [-0.1, -0.05) is 194 Å². The van der Waals surface area contributed by atoms with Crippen LogP contribution in [0.25, 0.3) is 0 Å². The molecule has 1 saturated carbocycles. The maximum Gasteiger partial charge on any atom is 0.472 e. The lowest BCUT2D eigenvalue weighted by Gasteiger charge is -2.41. The molecule has 0 bridgehead atoms. The molecule has 340 valence electrons. The standard InChI is InChI=1S/C44H87O12P/c1-3-5-7-9-11-13-15-17-18-19-20-22-24-26-28-30-32-34-53-35-37(36-54-57(51,52)56-44-42(49)40(47)39(46)41(48)43(44)50)55-38(45)33-31-29-27-25-23-21-16-14-12-10-8-6-4-2/h37,39-44,46-50H,3-36H2,1-2H3,(H,51,52). The van der Waals surface area contributed by atoms with Crippen molar-refractivity contribution in [1.29, 1.82) is 0 Å². The lowest BCUT2D eigenvalue weighted by Crippen LogP contribution is -2.64. The van der Waals surface area contributed by atoms with E-state index in [1.165, 1.54) is 148 Å². The summed E-state index contributed by atoms with van der Waals surface area (Å²) in [5.41, 5.74) is 0. The summed E-state index contributed by atoms with van der Waals surface area (Å²) in [6, 6.07) is 0. The molecule has 0 aromatic carbocycles. The van der Waals surface area contributed by atoms with E-state index in [9.17, 15) is 39.8 Å². The highest BCUT2D eigenvalue weighted by molar-refractivity contribution is 7.47. The summed E-state index contributed by atoms with van der Waals surface area (Å²) in [4.78, 5) is 23.1. The number of phosphoric ester groups is 1. The zero-order valence-electron chi connectivity index (χ0n) is 36.2. The molecular weight excluding hydrogens is 751 g/mol. The van der Waals surface area contributed by atoms with E-state index in [1.807, 2.05) is 0 Å². The number of rotatable bonds is 40. The van der Waals surface area contributed by atoms with Crippen LogP contribution in [0, 0.1) is 0 Å². The summed E-state index contributed by atoms with van der Waals surface area (Å²) in [6.07, 6.45) is 24.6. The third-order valence-corrected chi connectivity index (χ3v) is 12.2. The number of carbonyl (C=O) groups excluding carboxylic acids is 1. The Morgan fingerprint density at radius 3 is 1.21 bits per heavy atom. The van der Waals surface area contributed by atoms with Gasteiger partial charge in [0.05, 0.1) is 13.2 Å². The molecule has 0 saturated heterocycles. The number of phosphoric acid groups is 1. The van der Waals surface area contributed by atoms with Crippen molar-refractivity contribution in [2.24, 2.45) is 0 Å². The summed E-state index contributed by atoms with van der Waals surface area (Å²) in [7, 11) is -5.01. The number of esters is 1. The molecule has 0 radical (unpaired) electrons. The van der Waals surface area contributed by atoms with Gasteiger partial charge in [0.2, 0.25) is 0 Å². The van der Waals surface area contributed by atoms with E-state index in [1.54, 1.807) is 0 Å². The van der Waals surface area contributed by atoms with Gasteiger partial charge in [0.25, 0.3) is 0 Å². The molecule has 13 heteroatoms. The van der Waals surface area contributed by atoms with Crippen molar-refractivity contribution in [3.8, 4) is 0 Å². The number of hydrogen-bond acceptors (Lipinski definition) is 11. The summed E-state index contributed by atoms with van der Waals surface area (Å²) in [5, 5.41) is 50.1. The van der Waals surface area contributed by atoms with Crippen LogP contribution in [-0.4, -0.2) is 98.9 Å². The number of unbranched alkanes of at least 4 members (excludes halogenated alkanes) is 28. The predicted octanol–water partition coefficient (Wildman–Crippen LogP) is 9.37. The minimum Gasteiger partial charge on any atom is -0.457 e. The number of hydrogen-bond donors (Lipinski definition) is 6. The van der Waals surface area contributed by atoms with Gasteiger partial charge in [0.15, 0.2) is 0 Å². The van der Waals surface area contributed by atoms with Crippen molar-refractivity contribution in [3.63, 3.8) is 0 Å². The van der Waals surface area contributed by atoms with E-state index in [0.717, 1.165) is 38.5 Å². The average Bonchev–Trinajstić information content (AvgIpc) is 3.19. The largest absolute Gasteiger partial charge is 0.472 e. The van der Waals surface area contributed by atoms with Gasteiger partial charge < -0.3 is 39.9 Å². The molecule has 0 heterocycles. The Morgan fingerprint density at radius 2 is 0.825 bits per heavy atom. The van der Waals surface area contributed by atoms with E-state index >= 15 is 0 Å². The number of aliphatic hydroxyl groups excluding tert-OH is 5. The zero-order valence-corrected chi connectivity index (χ0v) is 37.1. The van der Waals surface area contributed by atoms with E-state index < -0.39 is 63.1 Å². The molecule has 6 unspecified atom stereocenters. The topological polar surface area (TPSA) is 192 Å². The Labute approximate surface area is 346 Å². The Bertz CT molecular complexity index is 958. The highest BCUT2D eigenvalue weighted by Gasteiger charge is 2.51. The SMILES string of the molecule is CCCCCCCCCCCCCCCCCCCOCC(COP(=O)(O)OC1C(O)C(O)C(O)C(O)C1O)OC(=O)CCCCCCCCCCCCCCC. The third-order valence-electron chi connectivity index (χ3n) is 11.2. The Balaban J connectivity index is 2.37. The molecule has 0 amide bonds. The molecule has 0 aromatic rings. The monoisotopic (exact) mass is 839 g/mol. The normalized spacial score (nSPS) is 22.7. The Morgan fingerprint density at radius 1 is 0.491 bits per heavy atom. The maximum absolute atomic E-state index is 12.8. The van der Waals surface area contributed by atoms with Gasteiger partial charge in [-0.05, 0) is 12.8 Å². The van der Waals surface area contributed by atoms with Gasteiger partial charge in [-0.15, -0.1) is 0 Å². The van der Waals surface area contributed by atoms with Crippen LogP contribution in [-0.2, 0) is 27.9 Å². The second-order valence-electron chi connectivity index (χ2n) is 16.6. The molecule has 0 aromatic heterocycles. The van der Waals surface area contributed by atoms with Crippen LogP contribution in [0.15, 0.2) is 0 Å². The van der Waals surface area contributed by atoms with Crippen LogP contribution in [0.3, 0.4) is 0 Å². The van der Waals surface area contributed by atoms with Gasteiger partial charge in [-0.25, -0.2) is 4.57 Å². The highest BCUT2D eigenvalue weighted by atomic mass is 31.2. The lowest BCUT2D eigenvalue weighted by molar-refractivity contribution is -0.220. The number of ether oxygens (including phenoxy) is 2. The first-order valence-corrected chi connectivity index (χ1v) is 24.9. The minimum absolute atomic E-state index is 0.0680. The molecular formula is C44H87O12P. The summed E-state index contributed by atoms with van der Waals surface area (Å²) in [6.45, 7) is 4.29. The van der Waals surface area contributed by atoms with Crippen LogP contribution in [0.2, 0.25) is 0 Å². The maximum atomic E-state index is 12.8. The molecule has 12 nitrogen and oxygen atoms in total. The molecule has 1 aliphatic rings. The molecule has 1 rings (SSSR count). The van der Waals surface area contributed by atoms with E-state index in [0.29, 0.717) is 13.0 Å². The molecule has 6 N–H and O–H groups in total. The molecule has 0 spiro atoms. The van der Waals surface area contributed by atoms with Gasteiger partial charge in [0, 0.05) is 13.0 Å². The van der Waals surface area contributed by atoms with Crippen molar-refractivity contribution < 1.29 is 58.3 Å². The van der Waals surface area contributed by atoms with Crippen LogP contribution in [0.5, 0.6) is 0 Å². The van der Waals surface area contributed by atoms with Gasteiger partial charge in [-0.3, -0.25) is 13.8 Å². The smallest absolute Gasteiger partial charge is 0.457 e. The zero-order chi connectivity index (χ0) is 42.0. The fraction of sp³-hybridized carbons (Fsp3) is 0.977. The molecule has 1 aliphatic carbocycles.